The number of fused-ring (bicyclic) bond motifs is 1. The number of methoxy groups -OCH3 is 1. The highest BCUT2D eigenvalue weighted by Gasteiger charge is 2.33. The third-order valence-electron chi connectivity index (χ3n) is 6.02. The first-order valence-corrected chi connectivity index (χ1v) is 10.6. The van der Waals surface area contributed by atoms with Gasteiger partial charge in [0.1, 0.15) is 0 Å². The number of likely N-dealkylation sites (tertiary alicyclic amines) is 1. The van der Waals surface area contributed by atoms with Gasteiger partial charge in [-0.15, -0.1) is 0 Å². The number of amides is 2. The highest BCUT2D eigenvalue weighted by atomic mass is 16.5. The molecular weight excluding hydrogens is 392 g/mol. The second-order valence-corrected chi connectivity index (χ2v) is 7.89. The number of anilines is 1. The van der Waals surface area contributed by atoms with E-state index < -0.39 is 5.97 Å². The second-order valence-electron chi connectivity index (χ2n) is 7.89. The second kappa shape index (κ2) is 9.16. The molecule has 0 unspecified atom stereocenters. The minimum Gasteiger partial charge on any atom is -0.466 e. The third-order valence-corrected chi connectivity index (χ3v) is 6.02. The van der Waals surface area contributed by atoms with E-state index in [9.17, 15) is 14.4 Å². The molecule has 2 amide bonds. The summed E-state index contributed by atoms with van der Waals surface area (Å²) >= 11 is 0. The quantitative estimate of drug-likeness (QED) is 0.563. The van der Waals surface area contributed by atoms with E-state index in [2.05, 4.69) is 10.8 Å². The SMILES string of the molecule is COC(=O)C=Cc1ccc(C(=O)N2CCC(N3C(=O)CCc4ccccc43)CC2)cc1. The maximum atomic E-state index is 12.9. The van der Waals surface area contributed by atoms with E-state index in [0.29, 0.717) is 25.1 Å². The van der Waals surface area contributed by atoms with Gasteiger partial charge in [-0.1, -0.05) is 30.3 Å². The van der Waals surface area contributed by atoms with E-state index in [1.165, 1.54) is 18.7 Å². The van der Waals surface area contributed by atoms with E-state index >= 15 is 0 Å². The van der Waals surface area contributed by atoms with Crippen LogP contribution >= 0.6 is 0 Å². The number of carbonyl (C=O) groups excluding carboxylic acids is 3. The summed E-state index contributed by atoms with van der Waals surface area (Å²) in [7, 11) is 1.33. The fourth-order valence-electron chi connectivity index (χ4n) is 4.33. The number of carbonyl (C=O) groups is 3. The van der Waals surface area contributed by atoms with Gasteiger partial charge in [-0.25, -0.2) is 4.79 Å². The van der Waals surface area contributed by atoms with Crippen molar-refractivity contribution in [3.8, 4) is 0 Å². The van der Waals surface area contributed by atoms with Crippen LogP contribution in [0.4, 0.5) is 5.69 Å². The molecule has 2 aliphatic heterocycles. The standard InChI is InChI=1S/C25H26N2O4/c1-31-24(29)13-8-18-6-9-20(10-7-18)25(30)26-16-14-21(15-17-26)27-22-5-3-2-4-19(22)11-12-23(27)28/h2-10,13,21H,11-12,14-17H2,1H3. The lowest BCUT2D eigenvalue weighted by molar-refractivity contribution is -0.134. The maximum absolute atomic E-state index is 12.9. The Morgan fingerprint density at radius 3 is 2.42 bits per heavy atom. The van der Waals surface area contributed by atoms with Crippen LogP contribution in [-0.4, -0.2) is 48.9 Å². The molecule has 0 atom stereocenters. The van der Waals surface area contributed by atoms with Crippen molar-refractivity contribution in [2.75, 3.05) is 25.1 Å². The lowest BCUT2D eigenvalue weighted by atomic mass is 9.95. The minimum absolute atomic E-state index is 0.00711. The van der Waals surface area contributed by atoms with Crippen LogP contribution in [0.3, 0.4) is 0 Å². The summed E-state index contributed by atoms with van der Waals surface area (Å²) in [5, 5.41) is 0. The first-order valence-electron chi connectivity index (χ1n) is 10.6. The Bertz CT molecular complexity index is 1000. The number of esters is 1. The first-order chi connectivity index (χ1) is 15.1. The van der Waals surface area contributed by atoms with Crippen LogP contribution < -0.4 is 4.90 Å². The lowest BCUT2D eigenvalue weighted by Crippen LogP contribution is -2.50. The molecule has 6 heteroatoms. The molecule has 2 aliphatic rings. The summed E-state index contributed by atoms with van der Waals surface area (Å²) in [4.78, 5) is 40.6. The van der Waals surface area contributed by atoms with E-state index in [1.807, 2.05) is 40.1 Å². The highest BCUT2D eigenvalue weighted by molar-refractivity contribution is 5.97. The van der Waals surface area contributed by atoms with Gasteiger partial charge in [0.05, 0.1) is 7.11 Å². The Balaban J connectivity index is 1.39. The van der Waals surface area contributed by atoms with Crippen molar-refractivity contribution in [3.63, 3.8) is 0 Å². The monoisotopic (exact) mass is 418 g/mol. The Morgan fingerprint density at radius 2 is 1.71 bits per heavy atom. The minimum atomic E-state index is -0.419. The van der Waals surface area contributed by atoms with E-state index in [1.54, 1.807) is 18.2 Å². The van der Waals surface area contributed by atoms with Gasteiger partial charge in [-0.05, 0) is 54.7 Å². The molecule has 0 bridgehead atoms. The molecule has 0 radical (unpaired) electrons. The largest absolute Gasteiger partial charge is 0.466 e. The maximum Gasteiger partial charge on any atom is 0.330 e. The van der Waals surface area contributed by atoms with Gasteiger partial charge < -0.3 is 14.5 Å². The highest BCUT2D eigenvalue weighted by Crippen LogP contribution is 2.32. The molecule has 1 fully saturated rings. The Labute approximate surface area is 182 Å². The number of para-hydroxylation sites is 1. The molecule has 0 aromatic heterocycles. The Hall–Kier alpha value is -3.41. The molecule has 0 saturated carbocycles. The van der Waals surface area contributed by atoms with Gasteiger partial charge in [0, 0.05) is 42.9 Å². The molecule has 4 rings (SSSR count). The average molecular weight is 418 g/mol. The normalized spacial score (nSPS) is 17.0. The Kier molecular flexibility index (Phi) is 6.16. The average Bonchev–Trinajstić information content (AvgIpc) is 2.82. The van der Waals surface area contributed by atoms with Gasteiger partial charge >= 0.3 is 5.97 Å². The van der Waals surface area contributed by atoms with E-state index in [-0.39, 0.29) is 17.9 Å². The molecule has 31 heavy (non-hydrogen) atoms. The summed E-state index contributed by atoms with van der Waals surface area (Å²) in [6, 6.07) is 15.4. The number of aryl methyl sites for hydroxylation is 1. The number of hydrogen-bond acceptors (Lipinski definition) is 4. The fourth-order valence-corrected chi connectivity index (χ4v) is 4.33. The van der Waals surface area contributed by atoms with E-state index in [0.717, 1.165) is 30.5 Å². The smallest absolute Gasteiger partial charge is 0.330 e. The summed E-state index contributed by atoms with van der Waals surface area (Å²) in [6.07, 6.45) is 5.89. The van der Waals surface area contributed by atoms with Crippen LogP contribution in [0.2, 0.25) is 0 Å². The van der Waals surface area contributed by atoms with Gasteiger partial charge in [0.2, 0.25) is 5.91 Å². The number of piperidine rings is 1. The van der Waals surface area contributed by atoms with Gasteiger partial charge in [0.25, 0.3) is 5.91 Å². The molecule has 160 valence electrons. The van der Waals surface area contributed by atoms with Crippen LogP contribution in [0.15, 0.2) is 54.6 Å². The molecule has 0 aliphatic carbocycles. The molecule has 2 heterocycles. The topological polar surface area (TPSA) is 66.9 Å². The molecule has 0 spiro atoms. The number of ether oxygens (including phenoxy) is 1. The van der Waals surface area contributed by atoms with Crippen molar-refractivity contribution < 1.29 is 19.1 Å². The zero-order valence-electron chi connectivity index (χ0n) is 17.6. The molecule has 2 aromatic carbocycles. The lowest BCUT2D eigenvalue weighted by Gasteiger charge is -2.41. The predicted octanol–water partition coefficient (Wildman–Crippen LogP) is 3.46. The fraction of sp³-hybridized carbons (Fsp3) is 0.320. The number of benzene rings is 2. The summed E-state index contributed by atoms with van der Waals surface area (Å²) in [6.45, 7) is 1.25. The third kappa shape index (κ3) is 4.53. The van der Waals surface area contributed by atoms with Crippen molar-refractivity contribution in [1.29, 1.82) is 0 Å². The molecule has 6 nitrogen and oxygen atoms in total. The van der Waals surface area contributed by atoms with Crippen LogP contribution in [0.5, 0.6) is 0 Å². The van der Waals surface area contributed by atoms with Gasteiger partial charge in [-0.2, -0.15) is 0 Å². The van der Waals surface area contributed by atoms with Gasteiger partial charge in [0.15, 0.2) is 0 Å². The summed E-state index contributed by atoms with van der Waals surface area (Å²) < 4.78 is 4.58. The molecular formula is C25H26N2O4. The number of nitrogens with zero attached hydrogens (tertiary/aromatic N) is 2. The van der Waals surface area contributed by atoms with Crippen molar-refractivity contribution in [2.45, 2.75) is 31.7 Å². The van der Waals surface area contributed by atoms with Crippen LogP contribution in [-0.2, 0) is 20.7 Å². The summed E-state index contributed by atoms with van der Waals surface area (Å²) in [5.74, 6) is -0.246. The van der Waals surface area contributed by atoms with Crippen molar-refractivity contribution >= 4 is 29.5 Å². The zero-order chi connectivity index (χ0) is 21.8. The van der Waals surface area contributed by atoms with Crippen molar-refractivity contribution in [1.82, 2.24) is 4.90 Å². The predicted molar refractivity (Wildman–Crippen MR) is 119 cm³/mol. The molecule has 1 saturated heterocycles. The van der Waals surface area contributed by atoms with Crippen LogP contribution in [0.25, 0.3) is 6.08 Å². The number of hydrogen-bond donors (Lipinski definition) is 0. The number of rotatable bonds is 4. The van der Waals surface area contributed by atoms with Crippen LogP contribution in [0, 0.1) is 0 Å². The van der Waals surface area contributed by atoms with E-state index in [4.69, 9.17) is 0 Å². The first kappa shape index (κ1) is 20.8. The molecule has 0 N–H and O–H groups in total. The van der Waals surface area contributed by atoms with Crippen molar-refractivity contribution in [3.05, 3.63) is 71.3 Å². The zero-order valence-corrected chi connectivity index (χ0v) is 17.6. The van der Waals surface area contributed by atoms with Gasteiger partial charge in [-0.3, -0.25) is 9.59 Å². The van der Waals surface area contributed by atoms with Crippen LogP contribution in [0.1, 0.15) is 40.7 Å². The van der Waals surface area contributed by atoms with Crippen molar-refractivity contribution in [2.24, 2.45) is 0 Å². The summed E-state index contributed by atoms with van der Waals surface area (Å²) in [5.41, 5.74) is 3.69. The molecule has 2 aromatic rings. The Morgan fingerprint density at radius 1 is 1.00 bits per heavy atom.